The van der Waals surface area contributed by atoms with Crippen LogP contribution < -0.4 is 10.6 Å². The minimum absolute atomic E-state index is 0.141. The van der Waals surface area contributed by atoms with Crippen molar-refractivity contribution in [3.63, 3.8) is 0 Å². The SMILES string of the molecule is Cc1nc(NC(C)(C)C)nc(NC2C[C@H](CO)[C@@H](C)[C@H]2C)c1-c1nc2ccccc2s1. The normalized spacial score (nSPS) is 24.0. The first kappa shape index (κ1) is 22.0. The molecule has 3 aromatic rings. The summed E-state index contributed by atoms with van der Waals surface area (Å²) in [5.74, 6) is 2.65. The predicted octanol–water partition coefficient (Wildman–Crippen LogP) is 5.34. The van der Waals surface area contributed by atoms with Gasteiger partial charge in [0.15, 0.2) is 0 Å². The third-order valence-corrected chi connectivity index (χ3v) is 7.46. The van der Waals surface area contributed by atoms with E-state index in [4.69, 9.17) is 15.0 Å². The molecule has 1 unspecified atom stereocenters. The molecule has 1 aromatic carbocycles. The van der Waals surface area contributed by atoms with E-state index in [1.165, 1.54) is 0 Å². The van der Waals surface area contributed by atoms with Gasteiger partial charge in [0.2, 0.25) is 5.95 Å². The fraction of sp³-hybridized carbons (Fsp3) is 0.542. The number of anilines is 2. The van der Waals surface area contributed by atoms with Crippen LogP contribution in [-0.4, -0.2) is 38.2 Å². The number of rotatable bonds is 5. The summed E-state index contributed by atoms with van der Waals surface area (Å²) in [7, 11) is 0. The first-order chi connectivity index (χ1) is 14.7. The summed E-state index contributed by atoms with van der Waals surface area (Å²) in [6.45, 7) is 13.1. The number of aryl methyl sites for hydroxylation is 1. The molecule has 4 atom stereocenters. The molecule has 1 saturated carbocycles. The summed E-state index contributed by atoms with van der Waals surface area (Å²) >= 11 is 1.67. The Morgan fingerprint density at radius 1 is 1.10 bits per heavy atom. The highest BCUT2D eigenvalue weighted by atomic mass is 32.1. The number of fused-ring (bicyclic) bond motifs is 1. The Hall–Kier alpha value is -2.25. The minimum Gasteiger partial charge on any atom is -0.396 e. The quantitative estimate of drug-likeness (QED) is 0.498. The number of nitrogens with zero attached hydrogens (tertiary/aromatic N) is 3. The topological polar surface area (TPSA) is 83.0 Å². The molecule has 0 saturated heterocycles. The van der Waals surface area contributed by atoms with Gasteiger partial charge in [-0.05, 0) is 64.0 Å². The summed E-state index contributed by atoms with van der Waals surface area (Å²) in [5.41, 5.74) is 2.72. The van der Waals surface area contributed by atoms with Crippen LogP contribution in [0.1, 0.15) is 46.7 Å². The van der Waals surface area contributed by atoms with Crippen LogP contribution in [0.5, 0.6) is 0 Å². The van der Waals surface area contributed by atoms with E-state index in [1.54, 1.807) is 11.3 Å². The van der Waals surface area contributed by atoms with Gasteiger partial charge in [0.1, 0.15) is 10.8 Å². The summed E-state index contributed by atoms with van der Waals surface area (Å²) in [5, 5.41) is 17.9. The number of benzene rings is 1. The van der Waals surface area contributed by atoms with Crippen LogP contribution in [0.4, 0.5) is 11.8 Å². The molecule has 0 aliphatic heterocycles. The van der Waals surface area contributed by atoms with Crippen molar-refractivity contribution < 1.29 is 5.11 Å². The molecule has 1 fully saturated rings. The Morgan fingerprint density at radius 3 is 2.48 bits per heavy atom. The molecule has 3 N–H and O–H groups in total. The van der Waals surface area contributed by atoms with E-state index in [2.05, 4.69) is 51.3 Å². The highest BCUT2D eigenvalue weighted by molar-refractivity contribution is 7.21. The van der Waals surface area contributed by atoms with Crippen LogP contribution >= 0.6 is 11.3 Å². The van der Waals surface area contributed by atoms with Gasteiger partial charge in [0.05, 0.1) is 21.5 Å². The van der Waals surface area contributed by atoms with Crippen LogP contribution in [0.25, 0.3) is 20.8 Å². The van der Waals surface area contributed by atoms with E-state index in [1.807, 2.05) is 25.1 Å². The fourth-order valence-corrected chi connectivity index (χ4v) is 5.53. The van der Waals surface area contributed by atoms with Crippen LogP contribution in [0.3, 0.4) is 0 Å². The summed E-state index contributed by atoms with van der Waals surface area (Å²) < 4.78 is 1.16. The minimum atomic E-state index is -0.141. The zero-order valence-corrected chi connectivity index (χ0v) is 20.0. The summed E-state index contributed by atoms with van der Waals surface area (Å²) in [4.78, 5) is 14.6. The van der Waals surface area contributed by atoms with Crippen molar-refractivity contribution in [2.45, 2.75) is 59.5 Å². The van der Waals surface area contributed by atoms with Crippen LogP contribution in [0, 0.1) is 24.7 Å². The number of aliphatic hydroxyl groups excluding tert-OH is 1. The summed E-state index contributed by atoms with van der Waals surface area (Å²) in [6, 6.07) is 8.45. The molecule has 2 aromatic heterocycles. The molecule has 166 valence electrons. The van der Waals surface area contributed by atoms with Crippen LogP contribution in [0.2, 0.25) is 0 Å². The molecule has 0 radical (unpaired) electrons. The van der Waals surface area contributed by atoms with Crippen molar-refractivity contribution in [2.24, 2.45) is 17.8 Å². The Labute approximate surface area is 188 Å². The maximum Gasteiger partial charge on any atom is 0.225 e. The lowest BCUT2D eigenvalue weighted by Gasteiger charge is -2.25. The molecule has 31 heavy (non-hydrogen) atoms. The molecule has 4 rings (SSSR count). The van der Waals surface area contributed by atoms with E-state index in [0.717, 1.165) is 38.7 Å². The first-order valence-corrected chi connectivity index (χ1v) is 11.9. The van der Waals surface area contributed by atoms with Gasteiger partial charge in [0.25, 0.3) is 0 Å². The highest BCUT2D eigenvalue weighted by Gasteiger charge is 2.38. The van der Waals surface area contributed by atoms with Crippen molar-refractivity contribution in [1.29, 1.82) is 0 Å². The highest BCUT2D eigenvalue weighted by Crippen LogP contribution is 2.41. The third kappa shape index (κ3) is 4.53. The van der Waals surface area contributed by atoms with Crippen LogP contribution in [0.15, 0.2) is 24.3 Å². The van der Waals surface area contributed by atoms with Crippen molar-refractivity contribution in [3.05, 3.63) is 30.0 Å². The van der Waals surface area contributed by atoms with Gasteiger partial charge in [-0.2, -0.15) is 4.98 Å². The number of nitrogens with one attached hydrogen (secondary N) is 2. The molecule has 0 spiro atoms. The smallest absolute Gasteiger partial charge is 0.225 e. The van der Waals surface area contributed by atoms with Crippen LogP contribution in [-0.2, 0) is 0 Å². The number of hydrogen-bond donors (Lipinski definition) is 3. The van der Waals surface area contributed by atoms with Gasteiger partial charge in [-0.25, -0.2) is 9.97 Å². The van der Waals surface area contributed by atoms with E-state index in [-0.39, 0.29) is 18.2 Å². The number of thiazole rings is 1. The Morgan fingerprint density at radius 2 is 1.84 bits per heavy atom. The molecule has 7 heteroatoms. The molecular weight excluding hydrogens is 406 g/mol. The number of para-hydroxylation sites is 1. The Balaban J connectivity index is 1.78. The average molecular weight is 440 g/mol. The second-order valence-electron chi connectivity index (χ2n) is 9.87. The molecular formula is C24H33N5OS. The molecule has 1 aliphatic rings. The molecule has 0 amide bonds. The van der Waals surface area contributed by atoms with Crippen molar-refractivity contribution in [1.82, 2.24) is 15.0 Å². The lowest BCUT2D eigenvalue weighted by molar-refractivity contribution is 0.191. The van der Waals surface area contributed by atoms with Gasteiger partial charge in [-0.3, -0.25) is 0 Å². The maximum atomic E-state index is 9.80. The van der Waals surface area contributed by atoms with Gasteiger partial charge >= 0.3 is 0 Å². The second kappa shape index (κ2) is 8.36. The third-order valence-electron chi connectivity index (χ3n) is 6.41. The molecule has 6 nitrogen and oxygen atoms in total. The maximum absolute atomic E-state index is 9.80. The largest absolute Gasteiger partial charge is 0.396 e. The summed E-state index contributed by atoms with van der Waals surface area (Å²) in [6.07, 6.45) is 0.934. The number of aliphatic hydroxyl groups is 1. The lowest BCUT2D eigenvalue weighted by Crippen LogP contribution is -2.29. The van der Waals surface area contributed by atoms with E-state index in [0.29, 0.717) is 23.7 Å². The Bertz CT molecular complexity index is 1040. The van der Waals surface area contributed by atoms with Gasteiger partial charge in [-0.1, -0.05) is 26.0 Å². The standard InChI is InChI=1S/C24H33N5OS/c1-13-14(2)18(11-16(13)12-30)26-21-20(15(3)25-23(28-21)29-24(4,5)6)22-27-17-9-7-8-10-19(17)31-22/h7-10,13-14,16,18,30H,11-12H2,1-6H3,(H2,25,26,28,29)/t13-,14+,16+,18?/m0/s1. The van der Waals surface area contributed by atoms with E-state index in [9.17, 15) is 5.11 Å². The van der Waals surface area contributed by atoms with E-state index < -0.39 is 0 Å². The zero-order valence-electron chi connectivity index (χ0n) is 19.2. The van der Waals surface area contributed by atoms with Crippen molar-refractivity contribution in [3.8, 4) is 10.6 Å². The molecule has 0 bridgehead atoms. The Kier molecular flexibility index (Phi) is 5.92. The number of hydrogen-bond acceptors (Lipinski definition) is 7. The monoisotopic (exact) mass is 439 g/mol. The number of aromatic nitrogens is 3. The molecule has 2 heterocycles. The molecule has 1 aliphatic carbocycles. The van der Waals surface area contributed by atoms with Gasteiger partial charge in [0, 0.05) is 18.2 Å². The van der Waals surface area contributed by atoms with Gasteiger partial charge in [-0.15, -0.1) is 11.3 Å². The van der Waals surface area contributed by atoms with Crippen molar-refractivity contribution in [2.75, 3.05) is 17.2 Å². The van der Waals surface area contributed by atoms with Gasteiger partial charge < -0.3 is 15.7 Å². The lowest BCUT2D eigenvalue weighted by atomic mass is 9.92. The average Bonchev–Trinajstić information content (AvgIpc) is 3.22. The first-order valence-electron chi connectivity index (χ1n) is 11.1. The van der Waals surface area contributed by atoms with E-state index >= 15 is 0 Å². The van der Waals surface area contributed by atoms with Crippen molar-refractivity contribution >= 4 is 33.3 Å². The predicted molar refractivity (Wildman–Crippen MR) is 130 cm³/mol. The second-order valence-corrected chi connectivity index (χ2v) is 10.9. The zero-order chi connectivity index (χ0) is 22.3. The fourth-order valence-electron chi connectivity index (χ4n) is 4.46.